The number of likely N-dealkylation sites (tertiary alicyclic amines) is 1. The first kappa shape index (κ1) is 19.4. The molecule has 0 bridgehead atoms. The van der Waals surface area contributed by atoms with Gasteiger partial charge in [0.25, 0.3) is 11.7 Å². The second-order valence-electron chi connectivity index (χ2n) is 6.31. The number of Topliss-reactive ketones (excluding diaryl/α,β-unsaturated/α-hetero) is 1. The van der Waals surface area contributed by atoms with Crippen LogP contribution in [0.25, 0.3) is 5.76 Å². The molecule has 0 aliphatic carbocycles. The predicted molar refractivity (Wildman–Crippen MR) is 102 cm³/mol. The van der Waals surface area contributed by atoms with Crippen LogP contribution in [0.1, 0.15) is 17.2 Å². The number of rotatable bonds is 6. The summed E-state index contributed by atoms with van der Waals surface area (Å²) in [6.07, 6.45) is 0. The molecule has 2 N–H and O–H groups in total. The molecule has 0 spiro atoms. The van der Waals surface area contributed by atoms with Gasteiger partial charge in [0.15, 0.2) is 0 Å². The van der Waals surface area contributed by atoms with E-state index in [9.17, 15) is 19.8 Å². The number of hydrogen-bond donors (Lipinski definition) is 2. The number of aliphatic hydroxyl groups excluding tert-OH is 1. The van der Waals surface area contributed by atoms with Crippen LogP contribution in [0.3, 0.4) is 0 Å². The summed E-state index contributed by atoms with van der Waals surface area (Å²) >= 11 is 0. The van der Waals surface area contributed by atoms with E-state index in [1.54, 1.807) is 36.4 Å². The van der Waals surface area contributed by atoms with Crippen LogP contribution in [0.2, 0.25) is 0 Å². The van der Waals surface area contributed by atoms with Crippen LogP contribution in [-0.4, -0.2) is 54.2 Å². The van der Waals surface area contributed by atoms with Gasteiger partial charge in [-0.1, -0.05) is 12.1 Å². The van der Waals surface area contributed by atoms with Crippen LogP contribution in [0.4, 0.5) is 0 Å². The Kier molecular flexibility index (Phi) is 5.65. The zero-order valence-corrected chi connectivity index (χ0v) is 15.6. The third-order valence-corrected chi connectivity index (χ3v) is 4.65. The zero-order valence-electron chi connectivity index (χ0n) is 15.6. The van der Waals surface area contributed by atoms with Gasteiger partial charge in [-0.05, 0) is 42.0 Å². The normalized spacial score (nSPS) is 18.5. The molecule has 2 aromatic rings. The Hall–Kier alpha value is -3.32. The van der Waals surface area contributed by atoms with Gasteiger partial charge in [-0.3, -0.25) is 9.59 Å². The van der Waals surface area contributed by atoms with Crippen molar-refractivity contribution >= 4 is 17.4 Å². The molecule has 1 aliphatic rings. The fraction of sp³-hybridized carbons (Fsp3) is 0.238. The molecule has 1 atom stereocenters. The lowest BCUT2D eigenvalue weighted by molar-refractivity contribution is -0.140. The van der Waals surface area contributed by atoms with E-state index < -0.39 is 17.7 Å². The number of benzene rings is 2. The number of nitrogens with zero attached hydrogens (tertiary/aromatic N) is 1. The van der Waals surface area contributed by atoms with E-state index in [1.807, 2.05) is 0 Å². The Balaban J connectivity index is 2.12. The van der Waals surface area contributed by atoms with Gasteiger partial charge in [0, 0.05) is 19.2 Å². The molecule has 1 amide bonds. The van der Waals surface area contributed by atoms with E-state index in [1.165, 1.54) is 31.3 Å². The number of ether oxygens (including phenoxy) is 2. The fourth-order valence-electron chi connectivity index (χ4n) is 3.21. The number of phenols is 1. The van der Waals surface area contributed by atoms with Crippen LogP contribution in [-0.2, 0) is 14.3 Å². The maximum absolute atomic E-state index is 12.7. The average molecular weight is 383 g/mol. The van der Waals surface area contributed by atoms with E-state index in [-0.39, 0.29) is 30.2 Å². The van der Waals surface area contributed by atoms with Crippen molar-refractivity contribution in [1.29, 1.82) is 0 Å². The summed E-state index contributed by atoms with van der Waals surface area (Å²) in [6, 6.07) is 11.9. The molecule has 1 heterocycles. The molecule has 1 unspecified atom stereocenters. The summed E-state index contributed by atoms with van der Waals surface area (Å²) in [5.41, 5.74) is 0.995. The number of aromatic hydroxyl groups is 1. The largest absolute Gasteiger partial charge is 0.508 e. The molecular weight excluding hydrogens is 362 g/mol. The van der Waals surface area contributed by atoms with Gasteiger partial charge in [0.05, 0.1) is 25.3 Å². The number of carbonyl (C=O) groups excluding carboxylic acids is 2. The Morgan fingerprint density at radius 1 is 1.04 bits per heavy atom. The fourth-order valence-corrected chi connectivity index (χ4v) is 3.21. The van der Waals surface area contributed by atoms with Gasteiger partial charge in [0.1, 0.15) is 17.3 Å². The second kappa shape index (κ2) is 8.14. The Morgan fingerprint density at radius 3 is 2.25 bits per heavy atom. The lowest BCUT2D eigenvalue weighted by Gasteiger charge is -2.25. The lowest BCUT2D eigenvalue weighted by atomic mass is 9.95. The van der Waals surface area contributed by atoms with Crippen molar-refractivity contribution in [3.8, 4) is 11.5 Å². The van der Waals surface area contributed by atoms with Crippen molar-refractivity contribution in [2.45, 2.75) is 6.04 Å². The van der Waals surface area contributed by atoms with Gasteiger partial charge < -0.3 is 24.6 Å². The van der Waals surface area contributed by atoms with E-state index in [4.69, 9.17) is 9.47 Å². The molecule has 3 rings (SSSR count). The molecule has 146 valence electrons. The molecule has 0 saturated carbocycles. The lowest BCUT2D eigenvalue weighted by Crippen LogP contribution is -2.32. The highest BCUT2D eigenvalue weighted by molar-refractivity contribution is 6.46. The first-order chi connectivity index (χ1) is 13.5. The highest BCUT2D eigenvalue weighted by Crippen LogP contribution is 2.39. The monoisotopic (exact) mass is 383 g/mol. The molecule has 1 saturated heterocycles. The minimum Gasteiger partial charge on any atom is -0.508 e. The minimum absolute atomic E-state index is 0.00282. The summed E-state index contributed by atoms with van der Waals surface area (Å²) in [6.45, 7) is 0.427. The van der Waals surface area contributed by atoms with Gasteiger partial charge in [-0.15, -0.1) is 0 Å². The Morgan fingerprint density at radius 2 is 1.68 bits per heavy atom. The SMILES string of the molecule is COCCN1C(=O)C(=O)/C(=C(/O)c2ccc(OC)cc2)C1c1ccc(O)cc1. The first-order valence-corrected chi connectivity index (χ1v) is 8.68. The minimum atomic E-state index is -0.780. The van der Waals surface area contributed by atoms with Crippen LogP contribution in [0.15, 0.2) is 54.1 Å². The molecule has 7 nitrogen and oxygen atoms in total. The standard InChI is InChI=1S/C21H21NO6/c1-27-12-11-22-18(13-3-7-15(23)8-4-13)17(20(25)21(22)26)19(24)14-5-9-16(28-2)10-6-14/h3-10,18,23-24H,11-12H2,1-2H3/b19-17+. The summed E-state index contributed by atoms with van der Waals surface area (Å²) in [4.78, 5) is 26.7. The molecule has 7 heteroatoms. The maximum atomic E-state index is 12.7. The number of ketones is 1. The number of methoxy groups -OCH3 is 2. The maximum Gasteiger partial charge on any atom is 0.295 e. The highest BCUT2D eigenvalue weighted by atomic mass is 16.5. The molecule has 2 aromatic carbocycles. The summed E-state index contributed by atoms with van der Waals surface area (Å²) in [5.74, 6) is -1.06. The molecule has 1 fully saturated rings. The summed E-state index contributed by atoms with van der Waals surface area (Å²) in [5, 5.41) is 20.4. The number of phenolic OH excluding ortho intramolecular Hbond substituents is 1. The van der Waals surface area contributed by atoms with Gasteiger partial charge in [0.2, 0.25) is 0 Å². The Bertz CT molecular complexity index is 901. The summed E-state index contributed by atoms with van der Waals surface area (Å²) < 4.78 is 10.2. The number of aliphatic hydroxyl groups is 1. The van der Waals surface area contributed by atoms with Crippen LogP contribution in [0, 0.1) is 0 Å². The third-order valence-electron chi connectivity index (χ3n) is 4.65. The van der Waals surface area contributed by atoms with Crippen molar-refractivity contribution in [3.63, 3.8) is 0 Å². The van der Waals surface area contributed by atoms with Gasteiger partial charge in [-0.2, -0.15) is 0 Å². The second-order valence-corrected chi connectivity index (χ2v) is 6.31. The number of hydrogen-bond acceptors (Lipinski definition) is 6. The van der Waals surface area contributed by atoms with Crippen LogP contribution in [0.5, 0.6) is 11.5 Å². The van der Waals surface area contributed by atoms with Gasteiger partial charge in [-0.25, -0.2) is 0 Å². The topological polar surface area (TPSA) is 96.3 Å². The summed E-state index contributed by atoms with van der Waals surface area (Å²) in [7, 11) is 3.03. The van der Waals surface area contributed by atoms with Crippen molar-refractivity contribution in [3.05, 3.63) is 65.2 Å². The Labute approximate surface area is 162 Å². The smallest absolute Gasteiger partial charge is 0.295 e. The molecule has 1 aliphatic heterocycles. The van der Waals surface area contributed by atoms with E-state index in [2.05, 4.69) is 0 Å². The predicted octanol–water partition coefficient (Wildman–Crippen LogP) is 2.47. The van der Waals surface area contributed by atoms with Crippen LogP contribution < -0.4 is 4.74 Å². The average Bonchev–Trinajstić information content (AvgIpc) is 2.97. The molecule has 0 aromatic heterocycles. The molecule has 0 radical (unpaired) electrons. The van der Waals surface area contributed by atoms with Crippen molar-refractivity contribution < 1.29 is 29.3 Å². The molecule has 28 heavy (non-hydrogen) atoms. The van der Waals surface area contributed by atoms with Crippen molar-refractivity contribution in [2.75, 3.05) is 27.4 Å². The van der Waals surface area contributed by atoms with E-state index in [0.29, 0.717) is 16.9 Å². The number of carbonyl (C=O) groups is 2. The van der Waals surface area contributed by atoms with Crippen LogP contribution >= 0.6 is 0 Å². The third kappa shape index (κ3) is 3.57. The van der Waals surface area contributed by atoms with Crippen molar-refractivity contribution in [2.24, 2.45) is 0 Å². The van der Waals surface area contributed by atoms with Crippen molar-refractivity contribution in [1.82, 2.24) is 4.90 Å². The van der Waals surface area contributed by atoms with E-state index in [0.717, 1.165) is 0 Å². The number of amides is 1. The van der Waals surface area contributed by atoms with E-state index >= 15 is 0 Å². The quantitative estimate of drug-likeness (QED) is 0.452. The first-order valence-electron chi connectivity index (χ1n) is 8.68. The van der Waals surface area contributed by atoms with Gasteiger partial charge >= 0.3 is 0 Å². The zero-order chi connectivity index (χ0) is 20.3. The highest BCUT2D eigenvalue weighted by Gasteiger charge is 2.45. The molecular formula is C21H21NO6.